The molecule has 170 valence electrons. The van der Waals surface area contributed by atoms with Gasteiger partial charge in [-0.15, -0.1) is 0 Å². The summed E-state index contributed by atoms with van der Waals surface area (Å²) in [6, 6.07) is 16.2. The maximum atomic E-state index is 12.8. The van der Waals surface area contributed by atoms with Gasteiger partial charge in [-0.05, 0) is 42.3 Å². The Bertz CT molecular complexity index is 1170. The summed E-state index contributed by atoms with van der Waals surface area (Å²) >= 11 is 6.30. The van der Waals surface area contributed by atoms with Crippen molar-refractivity contribution in [2.24, 2.45) is 0 Å². The number of hydrogen-bond donors (Lipinski definition) is 1. The van der Waals surface area contributed by atoms with Crippen molar-refractivity contribution < 1.29 is 19.1 Å². The van der Waals surface area contributed by atoms with Gasteiger partial charge in [0.25, 0.3) is 0 Å². The second kappa shape index (κ2) is 9.92. The number of pyridine rings is 1. The fourth-order valence-corrected chi connectivity index (χ4v) is 4.02. The summed E-state index contributed by atoms with van der Waals surface area (Å²) in [5.74, 6) is 0.343. The van der Waals surface area contributed by atoms with Crippen molar-refractivity contribution in [3.8, 4) is 11.6 Å². The lowest BCUT2D eigenvalue weighted by Crippen LogP contribution is -2.39. The molecular weight excluding hydrogens is 442 g/mol. The molecule has 1 unspecified atom stereocenters. The third-order valence-electron chi connectivity index (χ3n) is 5.42. The molecule has 0 saturated carbocycles. The number of esters is 1. The molecule has 2 heterocycles. The number of nitrogens with one attached hydrogen (secondary N) is 1. The summed E-state index contributed by atoms with van der Waals surface area (Å²) in [5, 5.41) is 3.28. The van der Waals surface area contributed by atoms with Gasteiger partial charge in [0.1, 0.15) is 11.8 Å². The van der Waals surface area contributed by atoms with E-state index in [4.69, 9.17) is 21.1 Å². The molecule has 0 bridgehead atoms. The number of carbonyl (C=O) groups is 2. The highest BCUT2D eigenvalue weighted by Crippen LogP contribution is 2.32. The second-order valence-electron chi connectivity index (χ2n) is 7.68. The number of benzene rings is 2. The average Bonchev–Trinajstić information content (AvgIpc) is 3.14. The molecule has 0 saturated heterocycles. The molecule has 3 aromatic rings. The summed E-state index contributed by atoms with van der Waals surface area (Å²) in [6.45, 7) is 2.10. The Labute approximate surface area is 197 Å². The molecule has 1 amide bonds. The van der Waals surface area contributed by atoms with E-state index >= 15 is 0 Å². The molecule has 4 rings (SSSR count). The van der Waals surface area contributed by atoms with E-state index in [1.807, 2.05) is 36.2 Å². The average molecular weight is 466 g/mol. The van der Waals surface area contributed by atoms with E-state index in [-0.39, 0.29) is 24.3 Å². The monoisotopic (exact) mass is 465 g/mol. The predicted molar refractivity (Wildman–Crippen MR) is 127 cm³/mol. The minimum Gasteiger partial charge on any atom is -0.466 e. The molecule has 8 heteroatoms. The highest BCUT2D eigenvalue weighted by atomic mass is 35.5. The number of aromatic nitrogens is 1. The van der Waals surface area contributed by atoms with Crippen LogP contribution >= 0.6 is 11.6 Å². The molecule has 1 aliphatic heterocycles. The van der Waals surface area contributed by atoms with Gasteiger partial charge in [0.05, 0.1) is 29.9 Å². The van der Waals surface area contributed by atoms with Crippen molar-refractivity contribution in [1.82, 2.24) is 4.98 Å². The molecule has 0 fully saturated rings. The zero-order valence-corrected chi connectivity index (χ0v) is 19.1. The quantitative estimate of drug-likeness (QED) is 0.512. The van der Waals surface area contributed by atoms with Gasteiger partial charge in [0, 0.05) is 25.2 Å². The first-order chi connectivity index (χ1) is 15.9. The van der Waals surface area contributed by atoms with Crippen LogP contribution in [0.5, 0.6) is 11.6 Å². The number of carbonyl (C=O) groups excluding carboxylic acids is 2. The molecule has 1 atom stereocenters. The number of anilines is 2. The van der Waals surface area contributed by atoms with Crippen molar-refractivity contribution in [3.63, 3.8) is 0 Å². The Morgan fingerprint density at radius 1 is 1.18 bits per heavy atom. The molecule has 7 nitrogen and oxygen atoms in total. The molecule has 1 N–H and O–H groups in total. The number of para-hydroxylation sites is 1. The lowest BCUT2D eigenvalue weighted by Gasteiger charge is -2.21. The van der Waals surface area contributed by atoms with Gasteiger partial charge in [0.15, 0.2) is 0 Å². The minimum absolute atomic E-state index is 0.0931. The van der Waals surface area contributed by atoms with Crippen LogP contribution in [0, 0.1) is 0 Å². The number of likely N-dealkylation sites (N-methyl/N-ethyl adjacent to an activating group) is 1. The lowest BCUT2D eigenvalue weighted by molar-refractivity contribution is -0.142. The molecule has 0 aliphatic carbocycles. The van der Waals surface area contributed by atoms with E-state index in [9.17, 15) is 9.59 Å². The van der Waals surface area contributed by atoms with Crippen LogP contribution in [0.25, 0.3) is 0 Å². The van der Waals surface area contributed by atoms with Gasteiger partial charge in [-0.3, -0.25) is 9.59 Å². The predicted octanol–water partition coefficient (Wildman–Crippen LogP) is 4.63. The van der Waals surface area contributed by atoms with Crippen LogP contribution in [0.2, 0.25) is 5.02 Å². The summed E-state index contributed by atoms with van der Waals surface area (Å²) in [6.07, 6.45) is 2.35. The van der Waals surface area contributed by atoms with E-state index in [2.05, 4.69) is 10.3 Å². The SMILES string of the molecule is CCOC(=O)Cc1ccc(Oc2ccc(NC(=O)C3Cc4ccccc4N3C)cn2)c(Cl)c1. The van der Waals surface area contributed by atoms with E-state index in [0.717, 1.165) is 16.8 Å². The van der Waals surface area contributed by atoms with Gasteiger partial charge >= 0.3 is 5.97 Å². The zero-order valence-electron chi connectivity index (χ0n) is 18.4. The van der Waals surface area contributed by atoms with Crippen molar-refractivity contribution in [3.05, 3.63) is 76.9 Å². The van der Waals surface area contributed by atoms with Crippen molar-refractivity contribution in [1.29, 1.82) is 0 Å². The maximum Gasteiger partial charge on any atom is 0.310 e. The number of ether oxygens (including phenoxy) is 2. The van der Waals surface area contributed by atoms with Crippen molar-refractivity contribution in [2.75, 3.05) is 23.9 Å². The molecule has 1 aromatic heterocycles. The van der Waals surface area contributed by atoms with Crippen LogP contribution in [0.3, 0.4) is 0 Å². The third-order valence-corrected chi connectivity index (χ3v) is 5.72. The minimum atomic E-state index is -0.311. The maximum absolute atomic E-state index is 12.8. The molecule has 0 radical (unpaired) electrons. The number of fused-ring (bicyclic) bond motifs is 1. The first-order valence-electron chi connectivity index (χ1n) is 10.6. The lowest BCUT2D eigenvalue weighted by atomic mass is 10.1. The standard InChI is InChI=1S/C25H24ClN3O4/c1-3-32-24(30)13-16-8-10-22(19(26)12-16)33-23-11-9-18(15-27-23)28-25(31)21-14-17-6-4-5-7-20(17)29(21)2/h4-12,15,21H,3,13-14H2,1-2H3,(H,28,31). The second-order valence-corrected chi connectivity index (χ2v) is 8.09. The van der Waals surface area contributed by atoms with Gasteiger partial charge < -0.3 is 19.7 Å². The van der Waals surface area contributed by atoms with Crippen LogP contribution < -0.4 is 15.0 Å². The van der Waals surface area contributed by atoms with Gasteiger partial charge in [-0.1, -0.05) is 35.9 Å². The molecule has 1 aliphatic rings. The normalized spacial score (nSPS) is 14.5. The highest BCUT2D eigenvalue weighted by molar-refractivity contribution is 6.32. The number of hydrogen-bond acceptors (Lipinski definition) is 6. The smallest absolute Gasteiger partial charge is 0.310 e. The topological polar surface area (TPSA) is 80.8 Å². The summed E-state index contributed by atoms with van der Waals surface area (Å²) in [7, 11) is 1.92. The number of nitrogens with zero attached hydrogens (tertiary/aromatic N) is 2. The third kappa shape index (κ3) is 5.26. The fourth-order valence-electron chi connectivity index (χ4n) is 3.78. The first kappa shape index (κ1) is 22.6. The van der Waals surface area contributed by atoms with Crippen LogP contribution in [0.4, 0.5) is 11.4 Å². The number of amides is 1. The van der Waals surface area contributed by atoms with Crippen LogP contribution in [-0.2, 0) is 27.2 Å². The molecular formula is C25H24ClN3O4. The summed E-state index contributed by atoms with van der Waals surface area (Å²) < 4.78 is 10.7. The van der Waals surface area contributed by atoms with Crippen molar-refractivity contribution >= 4 is 34.9 Å². The summed E-state index contributed by atoms with van der Waals surface area (Å²) in [4.78, 5) is 30.7. The highest BCUT2D eigenvalue weighted by Gasteiger charge is 2.31. The van der Waals surface area contributed by atoms with E-state index in [0.29, 0.717) is 35.4 Å². The zero-order chi connectivity index (χ0) is 23.4. The van der Waals surface area contributed by atoms with E-state index in [1.54, 1.807) is 43.5 Å². The van der Waals surface area contributed by atoms with Crippen LogP contribution in [-0.4, -0.2) is 36.6 Å². The fraction of sp³-hybridized carbons (Fsp3) is 0.240. The van der Waals surface area contributed by atoms with Gasteiger partial charge in [-0.2, -0.15) is 0 Å². The number of halogens is 1. The Kier molecular flexibility index (Phi) is 6.79. The van der Waals surface area contributed by atoms with E-state index in [1.165, 1.54) is 0 Å². The summed E-state index contributed by atoms with van der Waals surface area (Å²) in [5.41, 5.74) is 3.54. The van der Waals surface area contributed by atoms with Crippen LogP contribution in [0.15, 0.2) is 60.8 Å². The van der Waals surface area contributed by atoms with Crippen LogP contribution in [0.1, 0.15) is 18.1 Å². The Morgan fingerprint density at radius 3 is 2.70 bits per heavy atom. The Hall–Kier alpha value is -3.58. The van der Waals surface area contributed by atoms with Gasteiger partial charge in [-0.25, -0.2) is 4.98 Å². The van der Waals surface area contributed by atoms with Gasteiger partial charge in [0.2, 0.25) is 11.8 Å². The molecule has 2 aromatic carbocycles. The molecule has 33 heavy (non-hydrogen) atoms. The largest absolute Gasteiger partial charge is 0.466 e. The van der Waals surface area contributed by atoms with Crippen molar-refractivity contribution in [2.45, 2.75) is 25.8 Å². The first-order valence-corrected chi connectivity index (χ1v) is 11.0. The van der Waals surface area contributed by atoms with E-state index < -0.39 is 0 Å². The Balaban J connectivity index is 1.36. The Morgan fingerprint density at radius 2 is 2.00 bits per heavy atom. The number of rotatable bonds is 7. The molecule has 0 spiro atoms.